The summed E-state index contributed by atoms with van der Waals surface area (Å²) in [6.45, 7) is 2.08. The fourth-order valence-corrected chi connectivity index (χ4v) is 1.99. The number of halogens is 1. The molecule has 82 valence electrons. The van der Waals surface area contributed by atoms with E-state index in [2.05, 4.69) is 19.1 Å². The SMILES string of the molecule is COc1ccc(-c2ccccc2C)c(Cl)c1. The highest BCUT2D eigenvalue weighted by Gasteiger charge is 2.06. The van der Waals surface area contributed by atoms with Gasteiger partial charge in [-0.05, 0) is 36.2 Å². The molecule has 0 aromatic heterocycles. The van der Waals surface area contributed by atoms with E-state index >= 15 is 0 Å². The molecular weight excluding hydrogens is 220 g/mol. The van der Waals surface area contributed by atoms with E-state index in [1.54, 1.807) is 7.11 Å². The second-order valence-electron chi connectivity index (χ2n) is 3.66. The minimum Gasteiger partial charge on any atom is -0.497 e. The summed E-state index contributed by atoms with van der Waals surface area (Å²) in [5.74, 6) is 0.780. The number of rotatable bonds is 2. The van der Waals surface area contributed by atoms with Gasteiger partial charge in [-0.25, -0.2) is 0 Å². The number of hydrogen-bond acceptors (Lipinski definition) is 1. The predicted molar refractivity (Wildman–Crippen MR) is 68.2 cm³/mol. The van der Waals surface area contributed by atoms with E-state index in [9.17, 15) is 0 Å². The number of methoxy groups -OCH3 is 1. The molecule has 0 aliphatic heterocycles. The van der Waals surface area contributed by atoms with Crippen molar-refractivity contribution >= 4 is 11.6 Å². The zero-order chi connectivity index (χ0) is 11.5. The van der Waals surface area contributed by atoms with Crippen molar-refractivity contribution in [3.05, 3.63) is 53.1 Å². The van der Waals surface area contributed by atoms with Crippen LogP contribution in [-0.4, -0.2) is 7.11 Å². The summed E-state index contributed by atoms with van der Waals surface area (Å²) in [7, 11) is 1.64. The molecule has 0 N–H and O–H groups in total. The summed E-state index contributed by atoms with van der Waals surface area (Å²) in [4.78, 5) is 0. The van der Waals surface area contributed by atoms with E-state index in [-0.39, 0.29) is 0 Å². The first-order valence-electron chi connectivity index (χ1n) is 5.12. The van der Waals surface area contributed by atoms with Crippen LogP contribution in [0, 0.1) is 6.92 Å². The minimum absolute atomic E-state index is 0.716. The van der Waals surface area contributed by atoms with Gasteiger partial charge in [0.1, 0.15) is 5.75 Å². The first-order chi connectivity index (χ1) is 7.72. The topological polar surface area (TPSA) is 9.23 Å². The Hall–Kier alpha value is -1.47. The van der Waals surface area contributed by atoms with Gasteiger partial charge < -0.3 is 4.74 Å². The Morgan fingerprint density at radius 2 is 1.75 bits per heavy atom. The fourth-order valence-electron chi connectivity index (χ4n) is 1.72. The summed E-state index contributed by atoms with van der Waals surface area (Å²) < 4.78 is 5.13. The lowest BCUT2D eigenvalue weighted by Crippen LogP contribution is -1.86. The Balaban J connectivity index is 2.53. The van der Waals surface area contributed by atoms with Gasteiger partial charge in [0.15, 0.2) is 0 Å². The van der Waals surface area contributed by atoms with Crippen molar-refractivity contribution in [2.75, 3.05) is 7.11 Å². The second kappa shape index (κ2) is 4.58. The highest BCUT2D eigenvalue weighted by Crippen LogP contribution is 2.32. The lowest BCUT2D eigenvalue weighted by Gasteiger charge is -2.09. The molecule has 16 heavy (non-hydrogen) atoms. The lowest BCUT2D eigenvalue weighted by atomic mass is 10.0. The summed E-state index contributed by atoms with van der Waals surface area (Å²) in [5, 5.41) is 0.716. The standard InChI is InChI=1S/C14H13ClO/c1-10-5-3-4-6-12(10)13-8-7-11(16-2)9-14(13)15/h3-9H,1-2H3. The molecule has 0 saturated carbocycles. The third-order valence-corrected chi connectivity index (χ3v) is 2.92. The Morgan fingerprint density at radius 3 is 2.38 bits per heavy atom. The molecule has 2 rings (SSSR count). The van der Waals surface area contributed by atoms with Gasteiger partial charge in [0.2, 0.25) is 0 Å². The molecule has 0 saturated heterocycles. The van der Waals surface area contributed by atoms with Crippen molar-refractivity contribution in [1.82, 2.24) is 0 Å². The van der Waals surface area contributed by atoms with Gasteiger partial charge in [-0.1, -0.05) is 35.9 Å². The van der Waals surface area contributed by atoms with Crippen molar-refractivity contribution in [2.45, 2.75) is 6.92 Å². The van der Waals surface area contributed by atoms with E-state index in [4.69, 9.17) is 16.3 Å². The summed E-state index contributed by atoms with van der Waals surface area (Å²) in [5.41, 5.74) is 3.42. The van der Waals surface area contributed by atoms with Gasteiger partial charge in [-0.3, -0.25) is 0 Å². The molecule has 0 bridgehead atoms. The number of ether oxygens (including phenoxy) is 1. The third-order valence-electron chi connectivity index (χ3n) is 2.61. The van der Waals surface area contributed by atoms with E-state index in [0.717, 1.165) is 16.9 Å². The maximum atomic E-state index is 6.23. The molecule has 0 unspecified atom stereocenters. The Morgan fingerprint density at radius 1 is 1.00 bits per heavy atom. The highest BCUT2D eigenvalue weighted by atomic mass is 35.5. The first kappa shape index (κ1) is 11.0. The van der Waals surface area contributed by atoms with Crippen molar-refractivity contribution in [1.29, 1.82) is 0 Å². The number of benzene rings is 2. The van der Waals surface area contributed by atoms with Crippen LogP contribution < -0.4 is 4.74 Å². The highest BCUT2D eigenvalue weighted by molar-refractivity contribution is 6.33. The summed E-state index contributed by atoms with van der Waals surface area (Å²) in [6.07, 6.45) is 0. The molecule has 0 fully saturated rings. The third kappa shape index (κ3) is 2.05. The quantitative estimate of drug-likeness (QED) is 0.749. The van der Waals surface area contributed by atoms with Crippen LogP contribution in [0.1, 0.15) is 5.56 Å². The van der Waals surface area contributed by atoms with E-state index in [0.29, 0.717) is 5.02 Å². The molecule has 0 aliphatic rings. The van der Waals surface area contributed by atoms with Gasteiger partial charge in [0, 0.05) is 5.56 Å². The molecule has 0 radical (unpaired) electrons. The van der Waals surface area contributed by atoms with Crippen molar-refractivity contribution in [3.8, 4) is 16.9 Å². The zero-order valence-electron chi connectivity index (χ0n) is 9.33. The van der Waals surface area contributed by atoms with Crippen LogP contribution in [0.15, 0.2) is 42.5 Å². The van der Waals surface area contributed by atoms with Gasteiger partial charge in [0.05, 0.1) is 12.1 Å². The lowest BCUT2D eigenvalue weighted by molar-refractivity contribution is 0.415. The maximum Gasteiger partial charge on any atom is 0.120 e. The van der Waals surface area contributed by atoms with Crippen LogP contribution in [0.4, 0.5) is 0 Å². The van der Waals surface area contributed by atoms with Gasteiger partial charge in [-0.15, -0.1) is 0 Å². The van der Waals surface area contributed by atoms with Crippen molar-refractivity contribution < 1.29 is 4.74 Å². The Kier molecular flexibility index (Phi) is 3.16. The average Bonchev–Trinajstić information content (AvgIpc) is 2.30. The molecule has 0 spiro atoms. The molecule has 0 heterocycles. The average molecular weight is 233 g/mol. The Bertz CT molecular complexity index is 506. The molecule has 2 aromatic carbocycles. The fraction of sp³-hybridized carbons (Fsp3) is 0.143. The van der Waals surface area contributed by atoms with E-state index < -0.39 is 0 Å². The smallest absolute Gasteiger partial charge is 0.120 e. The minimum atomic E-state index is 0.716. The summed E-state index contributed by atoms with van der Waals surface area (Å²) in [6, 6.07) is 13.9. The normalized spacial score (nSPS) is 10.2. The summed E-state index contributed by atoms with van der Waals surface area (Å²) >= 11 is 6.23. The maximum absolute atomic E-state index is 6.23. The molecule has 2 heteroatoms. The van der Waals surface area contributed by atoms with Gasteiger partial charge in [0.25, 0.3) is 0 Å². The monoisotopic (exact) mass is 232 g/mol. The van der Waals surface area contributed by atoms with Gasteiger partial charge >= 0.3 is 0 Å². The van der Waals surface area contributed by atoms with E-state index in [1.807, 2.05) is 30.3 Å². The number of hydrogen-bond donors (Lipinski definition) is 0. The van der Waals surface area contributed by atoms with Crippen LogP contribution in [0.3, 0.4) is 0 Å². The molecular formula is C14H13ClO. The van der Waals surface area contributed by atoms with Gasteiger partial charge in [-0.2, -0.15) is 0 Å². The van der Waals surface area contributed by atoms with Crippen LogP contribution in [0.2, 0.25) is 5.02 Å². The van der Waals surface area contributed by atoms with Crippen LogP contribution >= 0.6 is 11.6 Å². The molecule has 1 nitrogen and oxygen atoms in total. The van der Waals surface area contributed by atoms with Crippen LogP contribution in [-0.2, 0) is 0 Å². The second-order valence-corrected chi connectivity index (χ2v) is 4.07. The Labute approximate surface area is 101 Å². The zero-order valence-corrected chi connectivity index (χ0v) is 10.1. The predicted octanol–water partition coefficient (Wildman–Crippen LogP) is 4.32. The molecule has 2 aromatic rings. The largest absolute Gasteiger partial charge is 0.497 e. The van der Waals surface area contributed by atoms with Crippen molar-refractivity contribution in [3.63, 3.8) is 0 Å². The van der Waals surface area contributed by atoms with Crippen LogP contribution in [0.25, 0.3) is 11.1 Å². The van der Waals surface area contributed by atoms with Crippen LogP contribution in [0.5, 0.6) is 5.75 Å². The van der Waals surface area contributed by atoms with Crippen molar-refractivity contribution in [2.24, 2.45) is 0 Å². The van der Waals surface area contributed by atoms with E-state index in [1.165, 1.54) is 5.56 Å². The number of aryl methyl sites for hydroxylation is 1. The molecule has 0 amide bonds. The molecule has 0 atom stereocenters. The molecule has 0 aliphatic carbocycles. The first-order valence-corrected chi connectivity index (χ1v) is 5.49.